The summed E-state index contributed by atoms with van der Waals surface area (Å²) in [5, 5.41) is 0. The third-order valence-corrected chi connectivity index (χ3v) is 12.9. The highest BCUT2D eigenvalue weighted by atomic mass is 16.6. The van der Waals surface area contributed by atoms with Crippen molar-refractivity contribution in [1.29, 1.82) is 0 Å². The molecule has 0 aliphatic rings. The number of esters is 3. The second-order valence-corrected chi connectivity index (χ2v) is 19.9. The molecule has 0 heterocycles. The molecule has 0 aliphatic carbocycles. The Morgan fingerprint density at radius 3 is 0.900 bits per heavy atom. The third-order valence-electron chi connectivity index (χ3n) is 12.9. The molecule has 1 atom stereocenters. The first-order chi connectivity index (χ1) is 34.5. The molecule has 0 spiro atoms. The molecule has 0 bridgehead atoms. The summed E-state index contributed by atoms with van der Waals surface area (Å²) in [5.41, 5.74) is 0. The van der Waals surface area contributed by atoms with E-state index in [0.717, 1.165) is 109 Å². The predicted molar refractivity (Wildman–Crippen MR) is 302 cm³/mol. The lowest BCUT2D eigenvalue weighted by molar-refractivity contribution is -0.167. The fraction of sp³-hybridized carbons (Fsp3) is 0.766. The van der Waals surface area contributed by atoms with Crippen molar-refractivity contribution in [3.05, 3.63) is 72.9 Å². The van der Waals surface area contributed by atoms with E-state index in [1.165, 1.54) is 148 Å². The SMILES string of the molecule is CC/C=C\C/C=C\C/C=C\C/C=C\CCCCCCCCCCCCCCC(=O)OCC(COC(=O)CCCCCCCCCCCCCC)OC(=O)CCCCCCC/C=C\C/C=C\CCCCC. The van der Waals surface area contributed by atoms with Crippen LogP contribution in [0.15, 0.2) is 72.9 Å². The molecule has 0 N–H and O–H groups in total. The van der Waals surface area contributed by atoms with E-state index < -0.39 is 6.10 Å². The summed E-state index contributed by atoms with van der Waals surface area (Å²) in [6, 6.07) is 0. The Morgan fingerprint density at radius 1 is 0.300 bits per heavy atom. The lowest BCUT2D eigenvalue weighted by Gasteiger charge is -2.18. The highest BCUT2D eigenvalue weighted by Gasteiger charge is 2.19. The maximum absolute atomic E-state index is 12.8. The molecular weight excluding hydrogens is 865 g/mol. The lowest BCUT2D eigenvalue weighted by atomic mass is 10.0. The molecule has 6 heteroatoms. The molecule has 0 aromatic heterocycles. The molecule has 0 saturated heterocycles. The minimum absolute atomic E-state index is 0.0784. The molecule has 0 aromatic carbocycles. The molecule has 70 heavy (non-hydrogen) atoms. The van der Waals surface area contributed by atoms with E-state index >= 15 is 0 Å². The van der Waals surface area contributed by atoms with Crippen LogP contribution in [0.3, 0.4) is 0 Å². The molecule has 0 amide bonds. The minimum Gasteiger partial charge on any atom is -0.462 e. The summed E-state index contributed by atoms with van der Waals surface area (Å²) >= 11 is 0. The zero-order chi connectivity index (χ0) is 50.7. The largest absolute Gasteiger partial charge is 0.462 e. The number of unbranched alkanes of at least 4 members (excludes halogenated alkanes) is 31. The van der Waals surface area contributed by atoms with Gasteiger partial charge in [-0.1, -0.05) is 261 Å². The van der Waals surface area contributed by atoms with Gasteiger partial charge in [-0.05, 0) is 89.9 Å². The second kappa shape index (κ2) is 58.4. The Hall–Kier alpha value is -3.15. The number of carbonyl (C=O) groups excluding carboxylic acids is 3. The number of carbonyl (C=O) groups is 3. The van der Waals surface area contributed by atoms with Gasteiger partial charge in [0.2, 0.25) is 0 Å². The maximum atomic E-state index is 12.8. The fourth-order valence-electron chi connectivity index (χ4n) is 8.47. The highest BCUT2D eigenvalue weighted by molar-refractivity contribution is 5.71. The molecule has 6 nitrogen and oxygen atoms in total. The minimum atomic E-state index is -0.781. The van der Waals surface area contributed by atoms with Gasteiger partial charge in [-0.3, -0.25) is 14.4 Å². The van der Waals surface area contributed by atoms with Crippen LogP contribution in [0.4, 0.5) is 0 Å². The van der Waals surface area contributed by atoms with Crippen LogP contribution in [-0.4, -0.2) is 37.2 Å². The topological polar surface area (TPSA) is 78.9 Å². The van der Waals surface area contributed by atoms with E-state index in [9.17, 15) is 14.4 Å². The van der Waals surface area contributed by atoms with E-state index in [1.807, 2.05) is 0 Å². The Balaban J connectivity index is 4.27. The van der Waals surface area contributed by atoms with Gasteiger partial charge < -0.3 is 14.2 Å². The Labute approximate surface area is 433 Å². The average Bonchev–Trinajstić information content (AvgIpc) is 3.36. The number of hydrogen-bond donors (Lipinski definition) is 0. The van der Waals surface area contributed by atoms with Crippen LogP contribution in [-0.2, 0) is 28.6 Å². The molecule has 0 aliphatic heterocycles. The highest BCUT2D eigenvalue weighted by Crippen LogP contribution is 2.16. The quantitative estimate of drug-likeness (QED) is 0.0261. The van der Waals surface area contributed by atoms with E-state index in [-0.39, 0.29) is 31.1 Å². The average molecular weight is 978 g/mol. The first-order valence-electron chi connectivity index (χ1n) is 29.9. The number of hydrogen-bond acceptors (Lipinski definition) is 6. The molecule has 0 saturated carbocycles. The Kier molecular flexibility index (Phi) is 55.8. The van der Waals surface area contributed by atoms with Crippen molar-refractivity contribution >= 4 is 17.9 Å². The molecule has 1 unspecified atom stereocenters. The van der Waals surface area contributed by atoms with Gasteiger partial charge in [0.15, 0.2) is 6.10 Å². The van der Waals surface area contributed by atoms with E-state index in [2.05, 4.69) is 93.7 Å². The summed E-state index contributed by atoms with van der Waals surface area (Å²) in [4.78, 5) is 38.2. The van der Waals surface area contributed by atoms with Crippen molar-refractivity contribution in [2.45, 2.75) is 303 Å². The maximum Gasteiger partial charge on any atom is 0.306 e. The van der Waals surface area contributed by atoms with Gasteiger partial charge in [0.05, 0.1) is 0 Å². The predicted octanol–water partition coefficient (Wildman–Crippen LogP) is 20.2. The van der Waals surface area contributed by atoms with Crippen LogP contribution >= 0.6 is 0 Å². The third kappa shape index (κ3) is 55.8. The molecular formula is C64H112O6. The van der Waals surface area contributed by atoms with Crippen molar-refractivity contribution in [3.63, 3.8) is 0 Å². The van der Waals surface area contributed by atoms with Gasteiger partial charge in [0.1, 0.15) is 13.2 Å². The molecule has 0 aromatic rings. The fourth-order valence-corrected chi connectivity index (χ4v) is 8.47. The normalized spacial score (nSPS) is 12.6. The second-order valence-electron chi connectivity index (χ2n) is 19.9. The van der Waals surface area contributed by atoms with Crippen LogP contribution in [0.1, 0.15) is 297 Å². The Morgan fingerprint density at radius 2 is 0.557 bits per heavy atom. The summed E-state index contributed by atoms with van der Waals surface area (Å²) in [6.07, 6.45) is 74.7. The van der Waals surface area contributed by atoms with Gasteiger partial charge in [0.25, 0.3) is 0 Å². The smallest absolute Gasteiger partial charge is 0.306 e. The zero-order valence-electron chi connectivity index (χ0n) is 46.3. The summed E-state index contributed by atoms with van der Waals surface area (Å²) in [6.45, 7) is 6.51. The molecule has 0 rings (SSSR count). The van der Waals surface area contributed by atoms with Gasteiger partial charge in [-0.15, -0.1) is 0 Å². The van der Waals surface area contributed by atoms with Crippen molar-refractivity contribution in [3.8, 4) is 0 Å². The Bertz CT molecular complexity index is 1310. The van der Waals surface area contributed by atoms with E-state index in [0.29, 0.717) is 19.3 Å². The standard InChI is InChI=1S/C64H112O6/c1-4-7-10-13-16-19-22-25-27-28-29-30-31-32-33-34-35-36-38-39-42-45-48-51-54-57-63(66)69-60-61(59-68-62(65)56-53-50-47-44-41-24-21-18-15-12-9-6-3)70-64(67)58-55-52-49-46-43-40-37-26-23-20-17-14-11-8-5-2/h7,10,16-17,19-20,25-27,29-30,37,61H,4-6,8-9,11-15,18,21-24,28,31-36,38-60H2,1-3H3/b10-7-,19-16-,20-17-,27-25-,30-29-,37-26-. The zero-order valence-corrected chi connectivity index (χ0v) is 46.3. The van der Waals surface area contributed by atoms with Crippen LogP contribution in [0, 0.1) is 0 Å². The molecule has 404 valence electrons. The molecule has 0 radical (unpaired) electrons. The monoisotopic (exact) mass is 977 g/mol. The first-order valence-corrected chi connectivity index (χ1v) is 29.9. The van der Waals surface area contributed by atoms with E-state index in [4.69, 9.17) is 14.2 Å². The van der Waals surface area contributed by atoms with Crippen molar-refractivity contribution in [1.82, 2.24) is 0 Å². The van der Waals surface area contributed by atoms with Crippen LogP contribution in [0.25, 0.3) is 0 Å². The number of rotatable bonds is 54. The van der Waals surface area contributed by atoms with Crippen molar-refractivity contribution < 1.29 is 28.6 Å². The lowest BCUT2D eigenvalue weighted by Crippen LogP contribution is -2.30. The van der Waals surface area contributed by atoms with Gasteiger partial charge >= 0.3 is 17.9 Å². The summed E-state index contributed by atoms with van der Waals surface area (Å²) in [7, 11) is 0. The van der Waals surface area contributed by atoms with Crippen LogP contribution < -0.4 is 0 Å². The van der Waals surface area contributed by atoms with Gasteiger partial charge in [-0.25, -0.2) is 0 Å². The van der Waals surface area contributed by atoms with Crippen LogP contribution in [0.2, 0.25) is 0 Å². The first kappa shape index (κ1) is 66.9. The molecule has 0 fully saturated rings. The summed E-state index contributed by atoms with van der Waals surface area (Å²) in [5.74, 6) is -0.884. The van der Waals surface area contributed by atoms with Gasteiger partial charge in [0, 0.05) is 19.3 Å². The summed E-state index contributed by atoms with van der Waals surface area (Å²) < 4.78 is 16.9. The van der Waals surface area contributed by atoms with E-state index in [1.54, 1.807) is 0 Å². The van der Waals surface area contributed by atoms with Crippen molar-refractivity contribution in [2.75, 3.05) is 13.2 Å². The van der Waals surface area contributed by atoms with Gasteiger partial charge in [-0.2, -0.15) is 0 Å². The number of ether oxygens (including phenoxy) is 3. The number of allylic oxidation sites excluding steroid dienone is 12. The van der Waals surface area contributed by atoms with Crippen LogP contribution in [0.5, 0.6) is 0 Å². The van der Waals surface area contributed by atoms with Crippen molar-refractivity contribution in [2.24, 2.45) is 0 Å².